The van der Waals surface area contributed by atoms with E-state index in [0.717, 1.165) is 6.07 Å². The molecule has 1 fully saturated rings. The van der Waals surface area contributed by atoms with Crippen molar-refractivity contribution in [2.45, 2.75) is 31.6 Å². The Morgan fingerprint density at radius 1 is 1.06 bits per heavy atom. The minimum absolute atomic E-state index is 0.0835. The summed E-state index contributed by atoms with van der Waals surface area (Å²) in [7, 11) is 0. The van der Waals surface area contributed by atoms with Crippen LogP contribution in [0.15, 0.2) is 41.2 Å². The van der Waals surface area contributed by atoms with E-state index in [1.54, 1.807) is 22.8 Å². The van der Waals surface area contributed by atoms with Gasteiger partial charge in [0.2, 0.25) is 0 Å². The van der Waals surface area contributed by atoms with Crippen LogP contribution in [-0.2, 0) is 22.4 Å². The van der Waals surface area contributed by atoms with E-state index in [9.17, 15) is 14.4 Å². The Morgan fingerprint density at radius 2 is 1.90 bits per heavy atom. The van der Waals surface area contributed by atoms with Crippen molar-refractivity contribution in [3.8, 4) is 17.9 Å². The predicted molar refractivity (Wildman–Crippen MR) is 111 cm³/mol. The summed E-state index contributed by atoms with van der Waals surface area (Å²) in [4.78, 5) is 17.8. The van der Waals surface area contributed by atoms with Crippen LogP contribution < -0.4 is 5.56 Å². The zero-order valence-corrected chi connectivity index (χ0v) is 16.7. The number of nitriles is 1. The Labute approximate surface area is 177 Å². The van der Waals surface area contributed by atoms with Crippen molar-refractivity contribution in [3.05, 3.63) is 75.1 Å². The first-order chi connectivity index (χ1) is 15.1. The minimum Gasteiger partial charge on any atom is -0.347 e. The zero-order chi connectivity index (χ0) is 21.4. The molecule has 0 aliphatic carbocycles. The van der Waals surface area contributed by atoms with Gasteiger partial charge in [-0.25, -0.2) is 9.37 Å². The van der Waals surface area contributed by atoms with E-state index in [4.69, 9.17) is 14.5 Å². The van der Waals surface area contributed by atoms with Crippen LogP contribution in [0.5, 0.6) is 0 Å². The van der Waals surface area contributed by atoms with Crippen LogP contribution in [0.4, 0.5) is 4.39 Å². The summed E-state index contributed by atoms with van der Waals surface area (Å²) < 4.78 is 26.7. The first-order valence-corrected chi connectivity index (χ1v) is 10.1. The fraction of sp³-hybridized carbons (Fsp3) is 0.292. The second-order valence-electron chi connectivity index (χ2n) is 7.63. The van der Waals surface area contributed by atoms with Gasteiger partial charge >= 0.3 is 0 Å². The summed E-state index contributed by atoms with van der Waals surface area (Å²) in [5.74, 6) is 5.51. The van der Waals surface area contributed by atoms with E-state index >= 15 is 0 Å². The van der Waals surface area contributed by atoms with Crippen LogP contribution in [0.2, 0.25) is 0 Å². The normalized spacial score (nSPS) is 16.9. The van der Waals surface area contributed by atoms with Gasteiger partial charge in [-0.2, -0.15) is 5.26 Å². The van der Waals surface area contributed by atoms with E-state index in [-0.39, 0.29) is 11.1 Å². The van der Waals surface area contributed by atoms with Gasteiger partial charge in [0, 0.05) is 36.9 Å². The number of aromatic nitrogens is 2. The van der Waals surface area contributed by atoms with Gasteiger partial charge in [0.05, 0.1) is 29.7 Å². The van der Waals surface area contributed by atoms with Gasteiger partial charge in [0.15, 0.2) is 5.79 Å². The van der Waals surface area contributed by atoms with Crippen molar-refractivity contribution in [2.24, 2.45) is 0 Å². The predicted octanol–water partition coefficient (Wildman–Crippen LogP) is 2.89. The van der Waals surface area contributed by atoms with Gasteiger partial charge in [-0.05, 0) is 36.4 Å². The Kier molecular flexibility index (Phi) is 4.78. The lowest BCUT2D eigenvalue weighted by molar-refractivity contribution is -0.165. The molecule has 1 aromatic heterocycles. The molecular weight excluding hydrogens is 397 g/mol. The number of benzene rings is 2. The topological polar surface area (TPSA) is 77.1 Å². The third kappa shape index (κ3) is 3.59. The van der Waals surface area contributed by atoms with Gasteiger partial charge in [-0.3, -0.25) is 9.36 Å². The van der Waals surface area contributed by atoms with Crippen LogP contribution >= 0.6 is 0 Å². The SMILES string of the molecule is N#Cc1cc(F)ccc1C#Cc1ccc2c(=O)n3c(nc2c1)CCC1(CC3)OCCO1. The molecule has 3 aromatic rings. The molecule has 0 amide bonds. The molecular formula is C24H18FN3O3. The highest BCUT2D eigenvalue weighted by molar-refractivity contribution is 5.79. The second kappa shape index (κ2) is 7.63. The number of rotatable bonds is 0. The van der Waals surface area contributed by atoms with Crippen LogP contribution in [0, 0.1) is 29.0 Å². The van der Waals surface area contributed by atoms with Gasteiger partial charge < -0.3 is 9.47 Å². The smallest absolute Gasteiger partial charge is 0.261 e. The van der Waals surface area contributed by atoms with E-state index in [1.165, 1.54) is 12.1 Å². The average Bonchev–Trinajstić information content (AvgIpc) is 3.17. The standard InChI is InChI=1S/C24H18FN3O3/c25-19-5-4-17(18(14-19)15-26)3-1-16-2-6-20-21(13-16)27-22-7-8-24(30-11-12-31-24)9-10-28(22)23(20)29/h2,4-6,13-14H,7-12H2. The largest absolute Gasteiger partial charge is 0.347 e. The first-order valence-electron chi connectivity index (χ1n) is 10.1. The number of fused-ring (bicyclic) bond motifs is 2. The number of hydrogen-bond acceptors (Lipinski definition) is 5. The molecule has 2 aliphatic rings. The summed E-state index contributed by atoms with van der Waals surface area (Å²) in [6.45, 7) is 1.65. The van der Waals surface area contributed by atoms with Gasteiger partial charge in [0.25, 0.3) is 5.56 Å². The molecule has 0 radical (unpaired) electrons. The maximum Gasteiger partial charge on any atom is 0.261 e. The molecule has 0 atom stereocenters. The molecule has 0 saturated carbocycles. The van der Waals surface area contributed by atoms with Crippen molar-refractivity contribution in [2.75, 3.05) is 13.2 Å². The molecule has 5 rings (SSSR count). The molecule has 0 N–H and O–H groups in total. The van der Waals surface area contributed by atoms with Gasteiger partial charge in [-0.1, -0.05) is 11.8 Å². The lowest BCUT2D eigenvalue weighted by Crippen LogP contribution is -2.31. The summed E-state index contributed by atoms with van der Waals surface area (Å²) in [6, 6.07) is 11.1. The van der Waals surface area contributed by atoms with Crippen LogP contribution in [0.3, 0.4) is 0 Å². The molecule has 2 aromatic carbocycles. The number of halogens is 1. The molecule has 0 unspecified atom stereocenters. The summed E-state index contributed by atoms with van der Waals surface area (Å²) in [5.41, 5.74) is 1.78. The highest BCUT2D eigenvalue weighted by Crippen LogP contribution is 2.31. The Balaban J connectivity index is 1.51. The molecule has 7 heteroatoms. The molecule has 2 aliphatic heterocycles. The zero-order valence-electron chi connectivity index (χ0n) is 16.7. The second-order valence-corrected chi connectivity index (χ2v) is 7.63. The van der Waals surface area contributed by atoms with Gasteiger partial charge in [0.1, 0.15) is 17.7 Å². The fourth-order valence-corrected chi connectivity index (χ4v) is 4.12. The van der Waals surface area contributed by atoms with Gasteiger partial charge in [-0.15, -0.1) is 0 Å². The highest BCUT2D eigenvalue weighted by Gasteiger charge is 2.38. The highest BCUT2D eigenvalue weighted by atomic mass is 19.1. The third-order valence-electron chi connectivity index (χ3n) is 5.74. The summed E-state index contributed by atoms with van der Waals surface area (Å²) in [5, 5.41) is 9.70. The number of ether oxygens (including phenoxy) is 2. The Morgan fingerprint density at radius 3 is 2.71 bits per heavy atom. The molecule has 3 heterocycles. The molecule has 154 valence electrons. The van der Waals surface area contributed by atoms with E-state index in [2.05, 4.69) is 11.8 Å². The van der Waals surface area contributed by atoms with Crippen molar-refractivity contribution >= 4 is 10.9 Å². The van der Waals surface area contributed by atoms with E-state index in [0.29, 0.717) is 66.9 Å². The third-order valence-corrected chi connectivity index (χ3v) is 5.74. The van der Waals surface area contributed by atoms with E-state index in [1.807, 2.05) is 6.07 Å². The quantitative estimate of drug-likeness (QED) is 0.528. The van der Waals surface area contributed by atoms with Crippen molar-refractivity contribution in [1.82, 2.24) is 9.55 Å². The first kappa shape index (κ1) is 19.4. The molecule has 1 saturated heterocycles. The fourth-order valence-electron chi connectivity index (χ4n) is 4.12. The molecule has 31 heavy (non-hydrogen) atoms. The molecule has 6 nitrogen and oxygen atoms in total. The van der Waals surface area contributed by atoms with Crippen molar-refractivity contribution < 1.29 is 13.9 Å². The monoisotopic (exact) mass is 415 g/mol. The van der Waals surface area contributed by atoms with Crippen LogP contribution in [-0.4, -0.2) is 28.6 Å². The minimum atomic E-state index is -0.615. The number of nitrogens with zero attached hydrogens (tertiary/aromatic N) is 3. The summed E-state index contributed by atoms with van der Waals surface area (Å²) >= 11 is 0. The lowest BCUT2D eigenvalue weighted by atomic mass is 10.1. The Hall–Kier alpha value is -3.52. The molecule has 0 bridgehead atoms. The van der Waals surface area contributed by atoms with Crippen LogP contribution in [0.25, 0.3) is 10.9 Å². The van der Waals surface area contributed by atoms with Crippen molar-refractivity contribution in [1.29, 1.82) is 5.26 Å². The Bertz CT molecular complexity index is 1350. The lowest BCUT2D eigenvalue weighted by Gasteiger charge is -2.24. The molecule has 1 spiro atoms. The maximum absolute atomic E-state index is 13.3. The maximum atomic E-state index is 13.3. The van der Waals surface area contributed by atoms with Crippen LogP contribution in [0.1, 0.15) is 35.4 Å². The average molecular weight is 415 g/mol. The summed E-state index contributed by atoms with van der Waals surface area (Å²) in [6.07, 6.45) is 1.86. The van der Waals surface area contributed by atoms with Crippen molar-refractivity contribution in [3.63, 3.8) is 0 Å². The van der Waals surface area contributed by atoms with E-state index < -0.39 is 11.6 Å². The number of hydrogen-bond donors (Lipinski definition) is 0. The number of aryl methyl sites for hydroxylation is 1.